The van der Waals surface area contributed by atoms with Gasteiger partial charge in [0.05, 0.1) is 24.3 Å². The zero-order valence-electron chi connectivity index (χ0n) is 11.8. The maximum Gasteiger partial charge on any atom is 0.291 e. The quantitative estimate of drug-likeness (QED) is 0.939. The summed E-state index contributed by atoms with van der Waals surface area (Å²) < 4.78 is 5.04. The molecule has 1 aliphatic rings. The predicted octanol–water partition coefficient (Wildman–Crippen LogP) is 2.70. The molecule has 1 amide bonds. The molecule has 1 aliphatic heterocycles. The Balaban J connectivity index is 1.65. The first-order chi connectivity index (χ1) is 10.3. The number of rotatable bonds is 3. The van der Waals surface area contributed by atoms with Crippen molar-refractivity contribution in [2.75, 3.05) is 23.3 Å². The number of nitrogens with zero attached hydrogens (tertiary/aromatic N) is 3. The molecule has 6 heteroatoms. The first-order valence-corrected chi connectivity index (χ1v) is 7.25. The van der Waals surface area contributed by atoms with Gasteiger partial charge in [-0.1, -0.05) is 12.8 Å². The van der Waals surface area contributed by atoms with Crippen LogP contribution in [-0.4, -0.2) is 29.0 Å². The van der Waals surface area contributed by atoms with E-state index in [2.05, 4.69) is 20.2 Å². The largest absolute Gasteiger partial charge is 0.459 e. The molecule has 0 saturated carbocycles. The summed E-state index contributed by atoms with van der Waals surface area (Å²) in [5.74, 6) is 0.700. The Bertz CT molecular complexity index is 572. The van der Waals surface area contributed by atoms with E-state index in [0.29, 0.717) is 5.69 Å². The van der Waals surface area contributed by atoms with Crippen molar-refractivity contribution < 1.29 is 9.21 Å². The van der Waals surface area contributed by atoms with Gasteiger partial charge in [-0.25, -0.2) is 9.97 Å². The lowest BCUT2D eigenvalue weighted by atomic mass is 10.2. The van der Waals surface area contributed by atoms with Crippen molar-refractivity contribution in [2.24, 2.45) is 0 Å². The van der Waals surface area contributed by atoms with Gasteiger partial charge >= 0.3 is 0 Å². The summed E-state index contributed by atoms with van der Waals surface area (Å²) in [5, 5.41) is 2.71. The summed E-state index contributed by atoms with van der Waals surface area (Å²) in [6, 6.07) is 3.29. The molecule has 0 spiro atoms. The highest BCUT2D eigenvalue weighted by molar-refractivity contribution is 6.02. The van der Waals surface area contributed by atoms with Crippen LogP contribution in [0, 0.1) is 0 Å². The van der Waals surface area contributed by atoms with E-state index in [9.17, 15) is 4.79 Å². The summed E-state index contributed by atoms with van der Waals surface area (Å²) in [5.41, 5.74) is 0.565. The van der Waals surface area contributed by atoms with Crippen molar-refractivity contribution >= 4 is 17.5 Å². The molecule has 0 bridgehead atoms. The van der Waals surface area contributed by atoms with Crippen LogP contribution in [0.25, 0.3) is 0 Å². The van der Waals surface area contributed by atoms with Gasteiger partial charge in [0.2, 0.25) is 5.95 Å². The van der Waals surface area contributed by atoms with Crippen LogP contribution >= 0.6 is 0 Å². The normalized spacial score (nSPS) is 15.5. The summed E-state index contributed by atoms with van der Waals surface area (Å²) in [6.45, 7) is 2.00. The van der Waals surface area contributed by atoms with Crippen LogP contribution < -0.4 is 10.2 Å². The molecular weight excluding hydrogens is 268 g/mol. The molecule has 1 saturated heterocycles. The molecule has 1 N–H and O–H groups in total. The summed E-state index contributed by atoms with van der Waals surface area (Å²) >= 11 is 0. The Labute approximate surface area is 123 Å². The standard InChI is InChI=1S/C15H18N4O2/c20-14(13-6-5-9-21-13)18-12-10-16-15(17-11-12)19-7-3-1-2-4-8-19/h5-6,9-11H,1-4,7-8H2,(H,18,20). The second-order valence-corrected chi connectivity index (χ2v) is 5.10. The van der Waals surface area contributed by atoms with E-state index in [-0.39, 0.29) is 11.7 Å². The lowest BCUT2D eigenvalue weighted by Crippen LogP contribution is -2.26. The molecule has 1 fully saturated rings. The highest BCUT2D eigenvalue weighted by atomic mass is 16.3. The van der Waals surface area contributed by atoms with Crippen LogP contribution in [0.1, 0.15) is 36.2 Å². The Morgan fingerprint density at radius 3 is 2.48 bits per heavy atom. The lowest BCUT2D eigenvalue weighted by molar-refractivity contribution is 0.0996. The van der Waals surface area contributed by atoms with E-state index >= 15 is 0 Å². The lowest BCUT2D eigenvalue weighted by Gasteiger charge is -2.19. The minimum absolute atomic E-state index is 0.270. The molecule has 0 unspecified atom stereocenters. The summed E-state index contributed by atoms with van der Waals surface area (Å²) in [4.78, 5) is 22.7. The minimum atomic E-state index is -0.300. The molecule has 21 heavy (non-hydrogen) atoms. The number of nitrogens with one attached hydrogen (secondary N) is 1. The van der Waals surface area contributed by atoms with Gasteiger partial charge in [-0.2, -0.15) is 0 Å². The molecule has 6 nitrogen and oxygen atoms in total. The second-order valence-electron chi connectivity index (χ2n) is 5.10. The van der Waals surface area contributed by atoms with Crippen LogP contribution in [-0.2, 0) is 0 Å². The highest BCUT2D eigenvalue weighted by Crippen LogP contribution is 2.16. The molecule has 3 heterocycles. The molecule has 2 aromatic heterocycles. The zero-order chi connectivity index (χ0) is 14.5. The molecule has 110 valence electrons. The van der Waals surface area contributed by atoms with E-state index in [4.69, 9.17) is 4.42 Å². The van der Waals surface area contributed by atoms with Crippen LogP contribution in [0.15, 0.2) is 35.2 Å². The van der Waals surface area contributed by atoms with Gasteiger partial charge in [0.15, 0.2) is 5.76 Å². The third-order valence-corrected chi connectivity index (χ3v) is 3.53. The molecule has 0 aromatic carbocycles. The first-order valence-electron chi connectivity index (χ1n) is 7.25. The van der Waals surface area contributed by atoms with Gasteiger partial charge in [-0.3, -0.25) is 4.79 Å². The maximum absolute atomic E-state index is 11.8. The van der Waals surface area contributed by atoms with E-state index in [0.717, 1.165) is 19.0 Å². The van der Waals surface area contributed by atoms with E-state index < -0.39 is 0 Å². The van der Waals surface area contributed by atoms with Crippen molar-refractivity contribution in [1.82, 2.24) is 9.97 Å². The smallest absolute Gasteiger partial charge is 0.291 e. The molecule has 2 aromatic rings. The molecule has 0 atom stereocenters. The van der Waals surface area contributed by atoms with Crippen molar-refractivity contribution in [1.29, 1.82) is 0 Å². The third kappa shape index (κ3) is 3.39. The van der Waals surface area contributed by atoms with E-state index in [1.807, 2.05) is 0 Å². The number of hydrogen-bond donors (Lipinski definition) is 1. The number of hydrogen-bond acceptors (Lipinski definition) is 5. The predicted molar refractivity (Wildman–Crippen MR) is 79.4 cm³/mol. The monoisotopic (exact) mass is 286 g/mol. The Morgan fingerprint density at radius 2 is 1.86 bits per heavy atom. The average Bonchev–Trinajstić information content (AvgIpc) is 2.91. The van der Waals surface area contributed by atoms with Crippen LogP contribution in [0.2, 0.25) is 0 Å². The van der Waals surface area contributed by atoms with Crippen LogP contribution in [0.5, 0.6) is 0 Å². The fraction of sp³-hybridized carbons (Fsp3) is 0.400. The second kappa shape index (κ2) is 6.39. The third-order valence-electron chi connectivity index (χ3n) is 3.53. The Hall–Kier alpha value is -2.37. The molecule has 0 radical (unpaired) electrons. The van der Waals surface area contributed by atoms with Gasteiger partial charge in [0.1, 0.15) is 0 Å². The number of anilines is 2. The number of aromatic nitrogens is 2. The highest BCUT2D eigenvalue weighted by Gasteiger charge is 2.13. The van der Waals surface area contributed by atoms with Gasteiger partial charge in [0.25, 0.3) is 5.91 Å². The Kier molecular flexibility index (Phi) is 4.14. The molecular formula is C15H18N4O2. The van der Waals surface area contributed by atoms with Gasteiger partial charge in [-0.05, 0) is 25.0 Å². The molecule has 0 aliphatic carbocycles. The first kappa shape index (κ1) is 13.6. The van der Waals surface area contributed by atoms with E-state index in [1.54, 1.807) is 24.5 Å². The number of amides is 1. The van der Waals surface area contributed by atoms with Crippen molar-refractivity contribution in [3.63, 3.8) is 0 Å². The van der Waals surface area contributed by atoms with E-state index in [1.165, 1.54) is 31.9 Å². The fourth-order valence-corrected chi connectivity index (χ4v) is 2.42. The van der Waals surface area contributed by atoms with Crippen molar-refractivity contribution in [2.45, 2.75) is 25.7 Å². The number of furan rings is 1. The number of carbonyl (C=O) groups is 1. The summed E-state index contributed by atoms with van der Waals surface area (Å²) in [6.07, 6.45) is 9.64. The van der Waals surface area contributed by atoms with Gasteiger partial charge in [0, 0.05) is 13.1 Å². The summed E-state index contributed by atoms with van der Waals surface area (Å²) in [7, 11) is 0. The Morgan fingerprint density at radius 1 is 1.14 bits per heavy atom. The minimum Gasteiger partial charge on any atom is -0.459 e. The van der Waals surface area contributed by atoms with Crippen molar-refractivity contribution in [3.05, 3.63) is 36.5 Å². The zero-order valence-corrected chi connectivity index (χ0v) is 11.8. The fourth-order valence-electron chi connectivity index (χ4n) is 2.42. The average molecular weight is 286 g/mol. The molecule has 3 rings (SSSR count). The van der Waals surface area contributed by atoms with Crippen LogP contribution in [0.3, 0.4) is 0 Å². The topological polar surface area (TPSA) is 71.3 Å². The van der Waals surface area contributed by atoms with Crippen molar-refractivity contribution in [3.8, 4) is 0 Å². The maximum atomic E-state index is 11.8. The SMILES string of the molecule is O=C(Nc1cnc(N2CCCCCC2)nc1)c1ccco1. The van der Waals surface area contributed by atoms with Gasteiger partial charge in [-0.15, -0.1) is 0 Å². The number of carbonyl (C=O) groups excluding carboxylic acids is 1. The van der Waals surface area contributed by atoms with Crippen LogP contribution in [0.4, 0.5) is 11.6 Å². The van der Waals surface area contributed by atoms with Gasteiger partial charge < -0.3 is 14.6 Å².